The van der Waals surface area contributed by atoms with Crippen molar-refractivity contribution in [3.05, 3.63) is 92.1 Å². The van der Waals surface area contributed by atoms with E-state index >= 15 is 0 Å². The Bertz CT molecular complexity index is 1930. The standard InChI is InChI=1S/C30H27ClF7N5O4S/c1-15-10-17(8-9-20(15)41-25(44)18-6-5-7-19(31)24(18)26(45)40-16(2)14-48(4)47)13-43-22-12-39-23(11-21(22)42(3)27(43)46)28(32,29(33,34)35)30(36,37)38/h5-12,16H,13-14H2,1-4H3,(H,40,45)(H,41,44)/t16-,48?/m0/s1. The average molecular weight is 722 g/mol. The quantitative estimate of drug-likeness (QED) is 0.168. The van der Waals surface area contributed by atoms with Gasteiger partial charge in [0.1, 0.15) is 5.75 Å². The number of hydrogen-bond donors (Lipinski definition) is 2. The van der Waals surface area contributed by atoms with Crippen molar-refractivity contribution in [3.8, 4) is 0 Å². The second-order valence-corrected chi connectivity index (χ2v) is 12.9. The van der Waals surface area contributed by atoms with Gasteiger partial charge in [-0.2, -0.15) is 26.3 Å². The highest BCUT2D eigenvalue weighted by molar-refractivity contribution is 7.90. The lowest BCUT2D eigenvalue weighted by Crippen LogP contribution is -2.50. The monoisotopic (exact) mass is 721 g/mol. The number of halogens is 8. The van der Waals surface area contributed by atoms with Gasteiger partial charge >= 0.3 is 23.7 Å². The lowest BCUT2D eigenvalue weighted by atomic mass is 9.99. The molecule has 0 saturated carbocycles. The molecule has 2 atom stereocenters. The number of anilines is 1. The van der Waals surface area contributed by atoms with E-state index in [9.17, 15) is 49.7 Å². The van der Waals surface area contributed by atoms with E-state index in [1.54, 1.807) is 19.9 Å². The number of aromatic nitrogens is 3. The molecule has 0 bridgehead atoms. The number of pyridine rings is 1. The third kappa shape index (κ3) is 7.03. The molecule has 4 rings (SSSR count). The summed E-state index contributed by atoms with van der Waals surface area (Å²) in [4.78, 5) is 42.4. The summed E-state index contributed by atoms with van der Waals surface area (Å²) >= 11 is 5.07. The molecular weight excluding hydrogens is 695 g/mol. The van der Waals surface area contributed by atoms with Crippen LogP contribution in [0.15, 0.2) is 53.5 Å². The van der Waals surface area contributed by atoms with E-state index < -0.39 is 64.0 Å². The second-order valence-electron chi connectivity index (χ2n) is 11.0. The largest absolute Gasteiger partial charge is 0.616 e. The van der Waals surface area contributed by atoms with E-state index in [-0.39, 0.29) is 40.0 Å². The van der Waals surface area contributed by atoms with E-state index in [1.807, 2.05) is 0 Å². The van der Waals surface area contributed by atoms with Gasteiger partial charge in [0.15, 0.2) is 0 Å². The maximum Gasteiger partial charge on any atom is 0.437 e. The molecule has 0 radical (unpaired) electrons. The molecule has 18 heteroatoms. The molecule has 0 spiro atoms. The van der Waals surface area contributed by atoms with Crippen LogP contribution in [0.1, 0.15) is 44.5 Å². The number of benzene rings is 2. The van der Waals surface area contributed by atoms with Crippen LogP contribution in [0.4, 0.5) is 36.4 Å². The third-order valence-corrected chi connectivity index (χ3v) is 8.68. The van der Waals surface area contributed by atoms with Crippen LogP contribution in [0, 0.1) is 6.92 Å². The van der Waals surface area contributed by atoms with E-state index in [4.69, 9.17) is 11.6 Å². The summed E-state index contributed by atoms with van der Waals surface area (Å²) in [5, 5.41) is 5.36. The smallest absolute Gasteiger partial charge is 0.437 e. The fourth-order valence-corrected chi connectivity index (χ4v) is 6.11. The van der Waals surface area contributed by atoms with Gasteiger partial charge in [-0.3, -0.25) is 23.7 Å². The van der Waals surface area contributed by atoms with E-state index in [0.29, 0.717) is 23.0 Å². The van der Waals surface area contributed by atoms with Gasteiger partial charge in [-0.25, -0.2) is 9.18 Å². The minimum absolute atomic E-state index is 0.00759. The fraction of sp³-hybridized carbons (Fsp3) is 0.333. The number of alkyl halides is 7. The molecule has 2 N–H and O–H groups in total. The van der Waals surface area contributed by atoms with E-state index in [0.717, 1.165) is 16.2 Å². The Kier molecular flexibility index (Phi) is 10.3. The molecule has 9 nitrogen and oxygen atoms in total. The van der Waals surface area contributed by atoms with Gasteiger partial charge in [-0.15, -0.1) is 0 Å². The van der Waals surface area contributed by atoms with Crippen LogP contribution < -0.4 is 16.3 Å². The molecule has 2 aromatic carbocycles. The van der Waals surface area contributed by atoms with Crippen LogP contribution in [-0.4, -0.2) is 60.9 Å². The summed E-state index contributed by atoms with van der Waals surface area (Å²) in [5.41, 5.74) is -8.04. The predicted molar refractivity (Wildman–Crippen MR) is 165 cm³/mol. The van der Waals surface area contributed by atoms with Crippen molar-refractivity contribution in [2.24, 2.45) is 7.05 Å². The molecule has 258 valence electrons. The molecule has 2 heterocycles. The highest BCUT2D eigenvalue weighted by atomic mass is 35.5. The highest BCUT2D eigenvalue weighted by Crippen LogP contribution is 2.52. The van der Waals surface area contributed by atoms with Crippen LogP contribution in [-0.2, 0) is 30.4 Å². The van der Waals surface area contributed by atoms with Crippen LogP contribution in [0.25, 0.3) is 11.0 Å². The maximum atomic E-state index is 14.6. The molecule has 2 aromatic heterocycles. The molecule has 0 aliphatic heterocycles. The van der Waals surface area contributed by atoms with Crippen molar-refractivity contribution in [2.45, 2.75) is 44.5 Å². The zero-order chi connectivity index (χ0) is 35.9. The summed E-state index contributed by atoms with van der Waals surface area (Å²) in [5.74, 6) is -1.15. The Morgan fingerprint density at radius 2 is 1.67 bits per heavy atom. The Balaban J connectivity index is 1.61. The summed E-state index contributed by atoms with van der Waals surface area (Å²) in [6.07, 6.45) is -10.7. The minimum atomic E-state index is -6.38. The summed E-state index contributed by atoms with van der Waals surface area (Å²) < 4.78 is 108. The van der Waals surface area contributed by atoms with E-state index in [2.05, 4.69) is 15.6 Å². The number of hydrogen-bond acceptors (Lipinski definition) is 5. The van der Waals surface area contributed by atoms with Crippen LogP contribution in [0.2, 0.25) is 5.02 Å². The number of carbonyl (C=O) groups is 2. The van der Waals surface area contributed by atoms with Crippen LogP contribution in [0.5, 0.6) is 0 Å². The number of fused-ring (bicyclic) bond motifs is 1. The van der Waals surface area contributed by atoms with Crippen molar-refractivity contribution in [1.29, 1.82) is 0 Å². The molecule has 1 unspecified atom stereocenters. The Morgan fingerprint density at radius 3 is 2.25 bits per heavy atom. The molecule has 0 aliphatic rings. The lowest BCUT2D eigenvalue weighted by Gasteiger charge is -2.29. The summed E-state index contributed by atoms with van der Waals surface area (Å²) in [7, 11) is 1.10. The lowest BCUT2D eigenvalue weighted by molar-refractivity contribution is -0.349. The predicted octanol–water partition coefficient (Wildman–Crippen LogP) is 5.78. The summed E-state index contributed by atoms with van der Waals surface area (Å²) in [6, 6.07) is 8.64. The zero-order valence-corrected chi connectivity index (χ0v) is 27.1. The van der Waals surface area contributed by atoms with E-state index in [1.165, 1.54) is 36.6 Å². The first-order valence-electron chi connectivity index (χ1n) is 13.9. The molecule has 2 amide bonds. The molecule has 0 aliphatic carbocycles. The zero-order valence-electron chi connectivity index (χ0n) is 25.5. The molecule has 0 fully saturated rings. The van der Waals surface area contributed by atoms with Crippen molar-refractivity contribution in [3.63, 3.8) is 0 Å². The fourth-order valence-electron chi connectivity index (χ4n) is 5.06. The van der Waals surface area contributed by atoms with Gasteiger partial charge in [0.25, 0.3) is 11.8 Å². The number of carbonyl (C=O) groups excluding carboxylic acids is 2. The number of aryl methyl sites for hydroxylation is 2. The van der Waals surface area contributed by atoms with Crippen molar-refractivity contribution in [1.82, 2.24) is 19.4 Å². The molecular formula is C30H27ClF7N5O4S. The van der Waals surface area contributed by atoms with Gasteiger partial charge < -0.3 is 15.2 Å². The number of nitrogens with one attached hydrogen (secondary N) is 2. The second kappa shape index (κ2) is 13.4. The maximum absolute atomic E-state index is 14.6. The van der Waals surface area contributed by atoms with Gasteiger partial charge in [-0.05, 0) is 49.2 Å². The molecule has 48 heavy (non-hydrogen) atoms. The third-order valence-electron chi connectivity index (χ3n) is 7.39. The number of amides is 2. The SMILES string of the molecule is Cc1cc(Cn2c(=O)n(C)c3cc(C(F)(C(F)(F)F)C(F)(F)F)ncc32)ccc1NC(=O)c1cccc(Cl)c1C(=O)N[C@@H](C)C[S+](C)[O-]. The molecule has 0 saturated heterocycles. The minimum Gasteiger partial charge on any atom is -0.616 e. The number of imidazole rings is 1. The molecule has 4 aromatic rings. The normalized spacial score (nSPS) is 13.8. The van der Waals surface area contributed by atoms with Gasteiger partial charge in [0.05, 0.1) is 57.9 Å². The van der Waals surface area contributed by atoms with Crippen molar-refractivity contribution >= 4 is 51.3 Å². The first kappa shape index (κ1) is 36.7. The average Bonchev–Trinajstić information content (AvgIpc) is 3.20. The first-order chi connectivity index (χ1) is 22.2. The summed E-state index contributed by atoms with van der Waals surface area (Å²) in [6.45, 7) is 3.05. The number of nitrogens with zero attached hydrogens (tertiary/aromatic N) is 3. The van der Waals surface area contributed by atoms with Gasteiger partial charge in [0.2, 0.25) is 0 Å². The van der Waals surface area contributed by atoms with Crippen LogP contribution in [0.3, 0.4) is 0 Å². The number of rotatable bonds is 9. The topological polar surface area (TPSA) is 121 Å². The van der Waals surface area contributed by atoms with Gasteiger partial charge in [0, 0.05) is 12.7 Å². The highest BCUT2D eigenvalue weighted by Gasteiger charge is 2.74. The van der Waals surface area contributed by atoms with Crippen molar-refractivity contribution in [2.75, 3.05) is 17.3 Å². The van der Waals surface area contributed by atoms with Gasteiger partial charge in [-0.1, -0.05) is 41.0 Å². The Labute approximate surface area is 276 Å². The Morgan fingerprint density at radius 1 is 1.02 bits per heavy atom. The van der Waals surface area contributed by atoms with Crippen molar-refractivity contribution < 1.29 is 44.9 Å². The van der Waals surface area contributed by atoms with Crippen LogP contribution >= 0.6 is 11.6 Å². The first-order valence-corrected chi connectivity index (χ1v) is 16.0. The Hall–Kier alpha value is -4.09.